The van der Waals surface area contributed by atoms with Crippen LogP contribution in [0.5, 0.6) is 5.75 Å². The molecule has 0 amide bonds. The average Bonchev–Trinajstić information content (AvgIpc) is 2.44. The molecule has 0 radical (unpaired) electrons. The molecule has 2 aromatic carbocycles. The topological polar surface area (TPSA) is 26.3 Å². The van der Waals surface area contributed by atoms with E-state index in [4.69, 9.17) is 27.9 Å². The lowest BCUT2D eigenvalue weighted by atomic mass is 10.0. The summed E-state index contributed by atoms with van der Waals surface area (Å²) in [5, 5.41) is 0.956. The number of rotatable bonds is 5. The number of hydrogen-bond acceptors (Lipinski definition) is 2. The number of ketones is 1. The normalized spacial score (nSPS) is 10.7. The number of hydrogen-bond donors (Lipinski definition) is 0. The summed E-state index contributed by atoms with van der Waals surface area (Å²) in [5.74, 6) is 0.847. The Hall–Kier alpha value is -1.51. The van der Waals surface area contributed by atoms with Gasteiger partial charge in [0.25, 0.3) is 0 Å². The molecule has 0 bridgehead atoms. The second-order valence-corrected chi connectivity index (χ2v) is 5.97. The van der Waals surface area contributed by atoms with Crippen LogP contribution in [0.1, 0.15) is 35.7 Å². The Morgan fingerprint density at radius 1 is 1.05 bits per heavy atom. The van der Waals surface area contributed by atoms with E-state index < -0.39 is 0 Å². The molecule has 2 aromatic rings. The van der Waals surface area contributed by atoms with E-state index in [0.717, 1.165) is 0 Å². The first-order valence-electron chi connectivity index (χ1n) is 6.68. The Balaban J connectivity index is 2.01. The first-order valence-corrected chi connectivity index (χ1v) is 7.43. The summed E-state index contributed by atoms with van der Waals surface area (Å²) < 4.78 is 5.44. The molecule has 0 aliphatic heterocycles. The predicted molar refractivity (Wildman–Crippen MR) is 86.8 cm³/mol. The van der Waals surface area contributed by atoms with E-state index in [-0.39, 0.29) is 12.4 Å². The van der Waals surface area contributed by atoms with Gasteiger partial charge in [0.05, 0.1) is 0 Å². The number of Topliss-reactive ketones (excluding diaryl/α,β-unsaturated/α-hetero) is 1. The highest BCUT2D eigenvalue weighted by Gasteiger charge is 2.08. The van der Waals surface area contributed by atoms with Crippen LogP contribution >= 0.6 is 23.2 Å². The van der Waals surface area contributed by atoms with E-state index in [2.05, 4.69) is 13.8 Å². The van der Waals surface area contributed by atoms with Gasteiger partial charge in [-0.05, 0) is 29.7 Å². The third-order valence-corrected chi connectivity index (χ3v) is 3.54. The zero-order valence-corrected chi connectivity index (χ0v) is 13.4. The number of ether oxygens (including phenoxy) is 1. The van der Waals surface area contributed by atoms with Gasteiger partial charge in [-0.2, -0.15) is 0 Å². The van der Waals surface area contributed by atoms with Gasteiger partial charge in [-0.15, -0.1) is 0 Å². The van der Waals surface area contributed by atoms with Gasteiger partial charge in [-0.1, -0.05) is 61.3 Å². The highest BCUT2D eigenvalue weighted by Crippen LogP contribution is 2.24. The second kappa shape index (κ2) is 6.97. The average molecular weight is 323 g/mol. The molecule has 0 atom stereocenters. The van der Waals surface area contributed by atoms with Crippen LogP contribution in [0.4, 0.5) is 0 Å². The summed E-state index contributed by atoms with van der Waals surface area (Å²) in [6.45, 7) is 4.18. The molecule has 21 heavy (non-hydrogen) atoms. The van der Waals surface area contributed by atoms with Gasteiger partial charge < -0.3 is 4.74 Å². The molecule has 0 spiro atoms. The Kier molecular flexibility index (Phi) is 5.27. The molecular formula is C17H16Cl2O2. The highest BCUT2D eigenvalue weighted by molar-refractivity contribution is 6.34. The second-order valence-electron chi connectivity index (χ2n) is 5.09. The lowest BCUT2D eigenvalue weighted by Gasteiger charge is -2.08. The molecule has 0 unspecified atom stereocenters. The van der Waals surface area contributed by atoms with Gasteiger partial charge >= 0.3 is 0 Å². The van der Waals surface area contributed by atoms with Crippen LogP contribution in [0, 0.1) is 0 Å². The van der Waals surface area contributed by atoms with Crippen molar-refractivity contribution < 1.29 is 9.53 Å². The molecule has 2 rings (SSSR count). The summed E-state index contributed by atoms with van der Waals surface area (Å²) in [5.41, 5.74) is 1.83. The van der Waals surface area contributed by atoms with Crippen LogP contribution in [0.3, 0.4) is 0 Å². The Bertz CT molecular complexity index is 613. The largest absolute Gasteiger partial charge is 0.485 e. The summed E-state index contributed by atoms with van der Waals surface area (Å²) in [7, 11) is 0. The molecule has 0 N–H and O–H groups in total. The van der Waals surface area contributed by atoms with E-state index in [1.807, 2.05) is 24.3 Å². The maximum Gasteiger partial charge on any atom is 0.200 e. The predicted octanol–water partition coefficient (Wildman–Crippen LogP) is 5.38. The molecule has 0 aliphatic rings. The van der Waals surface area contributed by atoms with Crippen LogP contribution in [-0.2, 0) is 0 Å². The fourth-order valence-electron chi connectivity index (χ4n) is 1.90. The SMILES string of the molecule is CC(C)c1ccc(C(=O)COc2cc(Cl)cc(Cl)c2)cc1. The van der Waals surface area contributed by atoms with Crippen LogP contribution < -0.4 is 4.74 Å². The third kappa shape index (κ3) is 4.48. The smallest absolute Gasteiger partial charge is 0.200 e. The molecule has 110 valence electrons. The van der Waals surface area contributed by atoms with Crippen molar-refractivity contribution in [2.24, 2.45) is 0 Å². The van der Waals surface area contributed by atoms with Crippen LogP contribution in [0.25, 0.3) is 0 Å². The van der Waals surface area contributed by atoms with Gasteiger partial charge in [-0.25, -0.2) is 0 Å². The van der Waals surface area contributed by atoms with Crippen molar-refractivity contribution in [3.63, 3.8) is 0 Å². The molecule has 2 nitrogen and oxygen atoms in total. The third-order valence-electron chi connectivity index (χ3n) is 3.11. The van der Waals surface area contributed by atoms with E-state index in [1.54, 1.807) is 18.2 Å². The molecule has 0 saturated carbocycles. The molecule has 0 aromatic heterocycles. The van der Waals surface area contributed by atoms with Crippen LogP contribution in [-0.4, -0.2) is 12.4 Å². The first kappa shape index (κ1) is 15.9. The van der Waals surface area contributed by atoms with Crippen molar-refractivity contribution in [2.45, 2.75) is 19.8 Å². The van der Waals surface area contributed by atoms with Gasteiger partial charge in [-0.3, -0.25) is 4.79 Å². The summed E-state index contributed by atoms with van der Waals surface area (Å²) >= 11 is 11.8. The quantitative estimate of drug-likeness (QED) is 0.691. The van der Waals surface area contributed by atoms with E-state index in [0.29, 0.717) is 27.3 Å². The minimum Gasteiger partial charge on any atom is -0.485 e. The van der Waals surface area contributed by atoms with Crippen LogP contribution in [0.2, 0.25) is 10.0 Å². The highest BCUT2D eigenvalue weighted by atomic mass is 35.5. The minimum absolute atomic E-state index is 0.0440. The van der Waals surface area contributed by atoms with Crippen molar-refractivity contribution in [1.82, 2.24) is 0 Å². The first-order chi connectivity index (χ1) is 9.95. The fourth-order valence-corrected chi connectivity index (χ4v) is 2.40. The zero-order chi connectivity index (χ0) is 15.4. The van der Waals surface area contributed by atoms with Crippen molar-refractivity contribution in [3.05, 3.63) is 63.6 Å². The van der Waals surface area contributed by atoms with Gasteiger partial charge in [0.2, 0.25) is 0 Å². The molecule has 4 heteroatoms. The monoisotopic (exact) mass is 322 g/mol. The minimum atomic E-state index is -0.0820. The van der Waals surface area contributed by atoms with Crippen molar-refractivity contribution in [2.75, 3.05) is 6.61 Å². The maximum atomic E-state index is 12.1. The Morgan fingerprint density at radius 3 is 2.14 bits per heavy atom. The number of benzene rings is 2. The lowest BCUT2D eigenvalue weighted by Crippen LogP contribution is -2.11. The maximum absolute atomic E-state index is 12.1. The number of carbonyl (C=O) groups excluding carboxylic acids is 1. The molecule has 0 saturated heterocycles. The number of halogens is 2. The lowest BCUT2D eigenvalue weighted by molar-refractivity contribution is 0.0921. The molecular weight excluding hydrogens is 307 g/mol. The molecule has 0 aliphatic carbocycles. The molecule has 0 fully saturated rings. The zero-order valence-electron chi connectivity index (χ0n) is 11.9. The van der Waals surface area contributed by atoms with Gasteiger partial charge in [0.15, 0.2) is 12.4 Å². The summed E-state index contributed by atoms with van der Waals surface area (Å²) in [4.78, 5) is 12.1. The van der Waals surface area contributed by atoms with Crippen molar-refractivity contribution >= 4 is 29.0 Å². The summed E-state index contributed by atoms with van der Waals surface area (Å²) in [6.07, 6.45) is 0. The Labute approximate surface area is 134 Å². The number of carbonyl (C=O) groups is 1. The van der Waals surface area contributed by atoms with Crippen LogP contribution in [0.15, 0.2) is 42.5 Å². The summed E-state index contributed by atoms with van der Waals surface area (Å²) in [6, 6.07) is 12.5. The standard InChI is InChI=1S/C17H16Cl2O2/c1-11(2)12-3-5-13(6-4-12)17(20)10-21-16-8-14(18)7-15(19)9-16/h3-9,11H,10H2,1-2H3. The Morgan fingerprint density at radius 2 is 1.62 bits per heavy atom. The van der Waals surface area contributed by atoms with E-state index in [1.165, 1.54) is 5.56 Å². The van der Waals surface area contributed by atoms with Crippen molar-refractivity contribution in [3.8, 4) is 5.75 Å². The van der Waals surface area contributed by atoms with E-state index >= 15 is 0 Å². The van der Waals surface area contributed by atoms with E-state index in [9.17, 15) is 4.79 Å². The van der Waals surface area contributed by atoms with Gasteiger partial charge in [0, 0.05) is 15.6 Å². The fraction of sp³-hybridized carbons (Fsp3) is 0.235. The van der Waals surface area contributed by atoms with Crippen molar-refractivity contribution in [1.29, 1.82) is 0 Å². The molecule has 0 heterocycles. The van der Waals surface area contributed by atoms with Gasteiger partial charge in [0.1, 0.15) is 5.75 Å².